The van der Waals surface area contributed by atoms with Crippen LogP contribution in [0.5, 0.6) is 0 Å². The molecular formula is C13H12INOS. The Morgan fingerprint density at radius 1 is 1.35 bits per heavy atom. The van der Waals surface area contributed by atoms with Crippen LogP contribution in [0.3, 0.4) is 0 Å². The number of aryl methyl sites for hydroxylation is 1. The lowest BCUT2D eigenvalue weighted by molar-refractivity contribution is 0.102. The minimum atomic E-state index is -0.0436. The number of amides is 1. The molecule has 0 radical (unpaired) electrons. The summed E-state index contributed by atoms with van der Waals surface area (Å²) < 4.78 is 1.12. The number of benzene rings is 1. The zero-order chi connectivity index (χ0) is 12.4. The van der Waals surface area contributed by atoms with E-state index < -0.39 is 0 Å². The monoisotopic (exact) mass is 357 g/mol. The molecule has 0 bridgehead atoms. The molecule has 0 aliphatic rings. The van der Waals surface area contributed by atoms with Crippen LogP contribution in [0.25, 0.3) is 0 Å². The molecule has 1 heterocycles. The van der Waals surface area contributed by atoms with Crippen LogP contribution >= 0.6 is 33.9 Å². The van der Waals surface area contributed by atoms with Crippen LogP contribution in [-0.4, -0.2) is 5.91 Å². The molecule has 2 nitrogen and oxygen atoms in total. The standard InChI is InChI=1S/C13H12INOS/c1-8-4-3-5-11(9(8)2)15-13(16)10-6-12(14)17-7-10/h3-7H,1-2H3,(H,15,16). The van der Waals surface area contributed by atoms with Gasteiger partial charge in [-0.15, -0.1) is 11.3 Å². The van der Waals surface area contributed by atoms with E-state index in [0.717, 1.165) is 19.7 Å². The van der Waals surface area contributed by atoms with Crippen molar-refractivity contribution >= 4 is 45.5 Å². The maximum Gasteiger partial charge on any atom is 0.256 e. The zero-order valence-electron chi connectivity index (χ0n) is 9.58. The van der Waals surface area contributed by atoms with E-state index in [9.17, 15) is 4.79 Å². The highest BCUT2D eigenvalue weighted by Gasteiger charge is 2.09. The van der Waals surface area contributed by atoms with Crippen molar-refractivity contribution in [3.05, 3.63) is 49.2 Å². The van der Waals surface area contributed by atoms with Gasteiger partial charge in [-0.05, 0) is 59.7 Å². The molecule has 0 atom stereocenters. The third-order valence-electron chi connectivity index (χ3n) is 2.68. The first-order chi connectivity index (χ1) is 8.08. The van der Waals surface area contributed by atoms with Crippen molar-refractivity contribution in [2.75, 3.05) is 5.32 Å². The maximum absolute atomic E-state index is 12.0. The molecule has 2 rings (SSSR count). The van der Waals surface area contributed by atoms with Gasteiger partial charge in [-0.3, -0.25) is 4.79 Å². The molecule has 88 valence electrons. The molecule has 0 unspecified atom stereocenters. The Morgan fingerprint density at radius 2 is 2.12 bits per heavy atom. The summed E-state index contributed by atoms with van der Waals surface area (Å²) in [6.45, 7) is 4.06. The highest BCUT2D eigenvalue weighted by Crippen LogP contribution is 2.21. The van der Waals surface area contributed by atoms with E-state index >= 15 is 0 Å². The first-order valence-corrected chi connectivity index (χ1v) is 7.15. The van der Waals surface area contributed by atoms with Gasteiger partial charge in [-0.2, -0.15) is 0 Å². The van der Waals surface area contributed by atoms with E-state index in [4.69, 9.17) is 0 Å². The average Bonchev–Trinajstić information content (AvgIpc) is 2.72. The lowest BCUT2D eigenvalue weighted by Gasteiger charge is -2.09. The van der Waals surface area contributed by atoms with Crippen molar-refractivity contribution in [1.82, 2.24) is 0 Å². The lowest BCUT2D eigenvalue weighted by Crippen LogP contribution is -2.12. The summed E-state index contributed by atoms with van der Waals surface area (Å²) in [6.07, 6.45) is 0. The van der Waals surface area contributed by atoms with Crippen LogP contribution in [0.15, 0.2) is 29.6 Å². The Bertz CT molecular complexity index is 562. The molecule has 2 aromatic rings. The molecule has 0 saturated carbocycles. The molecule has 0 spiro atoms. The zero-order valence-corrected chi connectivity index (χ0v) is 12.6. The Kier molecular flexibility index (Phi) is 3.83. The number of rotatable bonds is 2. The average molecular weight is 357 g/mol. The van der Waals surface area contributed by atoms with E-state index in [1.165, 1.54) is 5.56 Å². The van der Waals surface area contributed by atoms with Crippen LogP contribution in [0, 0.1) is 16.7 Å². The van der Waals surface area contributed by atoms with Gasteiger partial charge in [0.2, 0.25) is 0 Å². The third kappa shape index (κ3) is 2.87. The minimum absolute atomic E-state index is 0.0436. The molecule has 0 fully saturated rings. The van der Waals surface area contributed by atoms with Crippen LogP contribution < -0.4 is 5.32 Å². The molecule has 1 aromatic carbocycles. The fraction of sp³-hybridized carbons (Fsp3) is 0.154. The Balaban J connectivity index is 2.21. The Morgan fingerprint density at radius 3 is 2.76 bits per heavy atom. The van der Waals surface area contributed by atoms with E-state index in [0.29, 0.717) is 0 Å². The summed E-state index contributed by atoms with van der Waals surface area (Å²) in [7, 11) is 0. The molecule has 1 N–H and O–H groups in total. The number of carbonyl (C=O) groups is 1. The number of thiophene rings is 1. The minimum Gasteiger partial charge on any atom is -0.322 e. The highest BCUT2D eigenvalue weighted by molar-refractivity contribution is 14.1. The van der Waals surface area contributed by atoms with E-state index in [1.807, 2.05) is 43.5 Å². The SMILES string of the molecule is Cc1cccc(NC(=O)c2csc(I)c2)c1C. The normalized spacial score (nSPS) is 10.3. The van der Waals surface area contributed by atoms with Gasteiger partial charge in [0.25, 0.3) is 5.91 Å². The molecule has 1 amide bonds. The number of halogens is 1. The van der Waals surface area contributed by atoms with Gasteiger partial charge in [-0.25, -0.2) is 0 Å². The highest BCUT2D eigenvalue weighted by atomic mass is 127. The molecule has 17 heavy (non-hydrogen) atoms. The second-order valence-electron chi connectivity index (χ2n) is 3.84. The summed E-state index contributed by atoms with van der Waals surface area (Å²) in [5, 5.41) is 4.82. The van der Waals surface area contributed by atoms with Crippen LogP contribution in [-0.2, 0) is 0 Å². The molecule has 0 saturated heterocycles. The van der Waals surface area contributed by atoms with Crippen molar-refractivity contribution in [2.45, 2.75) is 13.8 Å². The summed E-state index contributed by atoms with van der Waals surface area (Å²) in [5.74, 6) is -0.0436. The van der Waals surface area contributed by atoms with Crippen molar-refractivity contribution in [3.63, 3.8) is 0 Å². The van der Waals surface area contributed by atoms with Crippen LogP contribution in [0.4, 0.5) is 5.69 Å². The van der Waals surface area contributed by atoms with E-state index in [1.54, 1.807) is 11.3 Å². The summed E-state index contributed by atoms with van der Waals surface area (Å²) >= 11 is 3.79. The van der Waals surface area contributed by atoms with Crippen molar-refractivity contribution in [1.29, 1.82) is 0 Å². The molecule has 0 aliphatic heterocycles. The summed E-state index contributed by atoms with van der Waals surface area (Å²) in [5.41, 5.74) is 3.91. The quantitative estimate of drug-likeness (QED) is 0.801. The number of nitrogens with one attached hydrogen (secondary N) is 1. The first-order valence-electron chi connectivity index (χ1n) is 5.19. The topological polar surface area (TPSA) is 29.1 Å². The Hall–Kier alpha value is -0.880. The first kappa shape index (κ1) is 12.6. The van der Waals surface area contributed by atoms with Crippen molar-refractivity contribution < 1.29 is 4.79 Å². The maximum atomic E-state index is 12.0. The fourth-order valence-corrected chi connectivity index (χ4v) is 2.84. The van der Waals surface area contributed by atoms with E-state index in [-0.39, 0.29) is 5.91 Å². The van der Waals surface area contributed by atoms with Gasteiger partial charge in [0.05, 0.1) is 8.45 Å². The van der Waals surface area contributed by atoms with Crippen LogP contribution in [0.2, 0.25) is 0 Å². The second-order valence-corrected chi connectivity index (χ2v) is 6.65. The van der Waals surface area contributed by atoms with Gasteiger partial charge in [0.1, 0.15) is 0 Å². The molecular weight excluding hydrogens is 345 g/mol. The predicted octanol–water partition coefficient (Wildman–Crippen LogP) is 4.22. The van der Waals surface area contributed by atoms with Crippen molar-refractivity contribution in [3.8, 4) is 0 Å². The molecule has 1 aromatic heterocycles. The van der Waals surface area contributed by atoms with Crippen molar-refractivity contribution in [2.24, 2.45) is 0 Å². The summed E-state index contributed by atoms with van der Waals surface area (Å²) in [6, 6.07) is 7.82. The smallest absolute Gasteiger partial charge is 0.256 e. The van der Waals surface area contributed by atoms with Gasteiger partial charge in [0, 0.05) is 11.1 Å². The number of carbonyl (C=O) groups excluding carboxylic acids is 1. The largest absolute Gasteiger partial charge is 0.322 e. The lowest BCUT2D eigenvalue weighted by atomic mass is 10.1. The fourth-order valence-electron chi connectivity index (χ4n) is 1.51. The predicted molar refractivity (Wildman–Crippen MR) is 80.9 cm³/mol. The third-order valence-corrected chi connectivity index (χ3v) is 4.47. The van der Waals surface area contributed by atoms with Gasteiger partial charge in [-0.1, -0.05) is 12.1 Å². The number of hydrogen-bond acceptors (Lipinski definition) is 2. The van der Waals surface area contributed by atoms with E-state index in [2.05, 4.69) is 27.9 Å². The Labute approximate surface area is 118 Å². The summed E-state index contributed by atoms with van der Waals surface area (Å²) in [4.78, 5) is 12.0. The number of hydrogen-bond donors (Lipinski definition) is 1. The van der Waals surface area contributed by atoms with Crippen LogP contribution in [0.1, 0.15) is 21.5 Å². The second kappa shape index (κ2) is 5.18. The number of anilines is 1. The van der Waals surface area contributed by atoms with Gasteiger partial charge < -0.3 is 5.32 Å². The molecule has 4 heteroatoms. The van der Waals surface area contributed by atoms with Gasteiger partial charge in [0.15, 0.2) is 0 Å². The molecule has 0 aliphatic carbocycles. The van der Waals surface area contributed by atoms with Gasteiger partial charge >= 0.3 is 0 Å².